The molecule has 0 bridgehead atoms. The minimum Gasteiger partial charge on any atom is -0.388 e. The van der Waals surface area contributed by atoms with Gasteiger partial charge in [-0.1, -0.05) is 12.1 Å². The molecule has 32 heavy (non-hydrogen) atoms. The average Bonchev–Trinajstić information content (AvgIpc) is 3.25. The Bertz CT molecular complexity index is 1110. The first-order valence-corrected chi connectivity index (χ1v) is 11.6. The third-order valence-electron chi connectivity index (χ3n) is 6.45. The van der Waals surface area contributed by atoms with Gasteiger partial charge < -0.3 is 20.8 Å². The summed E-state index contributed by atoms with van der Waals surface area (Å²) in [5.41, 5.74) is 0.143. The van der Waals surface area contributed by atoms with Gasteiger partial charge in [-0.2, -0.15) is 4.98 Å². The fraction of sp³-hybridized carbons (Fsp3) is 0.500. The number of fused-ring (bicyclic) bond motifs is 1. The summed E-state index contributed by atoms with van der Waals surface area (Å²) in [5, 5.41) is 28.4. The van der Waals surface area contributed by atoms with Crippen LogP contribution in [0.25, 0.3) is 20.8 Å². The van der Waals surface area contributed by atoms with Gasteiger partial charge in [0.05, 0.1) is 27.4 Å². The van der Waals surface area contributed by atoms with Crippen LogP contribution in [0.15, 0.2) is 24.3 Å². The lowest BCUT2D eigenvalue weighted by molar-refractivity contribution is -0.0763. The van der Waals surface area contributed by atoms with Crippen LogP contribution in [0.4, 0.5) is 20.5 Å². The molecule has 0 spiro atoms. The summed E-state index contributed by atoms with van der Waals surface area (Å²) < 4.78 is 27.6. The van der Waals surface area contributed by atoms with E-state index in [1.54, 1.807) is 0 Å². The number of hydrogen-bond acceptors (Lipinski definition) is 8. The van der Waals surface area contributed by atoms with E-state index in [0.29, 0.717) is 28.3 Å². The molecule has 7 nitrogen and oxygen atoms in total. The summed E-state index contributed by atoms with van der Waals surface area (Å²) >= 11 is 1.46. The van der Waals surface area contributed by atoms with E-state index in [4.69, 9.17) is 4.98 Å². The number of aliphatic hydroxyl groups is 2. The largest absolute Gasteiger partial charge is 0.388 e. The highest BCUT2D eigenvalue weighted by molar-refractivity contribution is 7.21. The summed E-state index contributed by atoms with van der Waals surface area (Å²) in [6.45, 7) is 1.83. The Morgan fingerprint density at radius 1 is 1.16 bits per heavy atom. The molecular formula is C22H25F2N5O2S. The van der Waals surface area contributed by atoms with Crippen LogP contribution < -0.4 is 10.6 Å². The van der Waals surface area contributed by atoms with Gasteiger partial charge >= 0.3 is 0 Å². The number of benzene rings is 1. The van der Waals surface area contributed by atoms with Crippen LogP contribution in [0.5, 0.6) is 0 Å². The summed E-state index contributed by atoms with van der Waals surface area (Å²) in [6.07, 6.45) is -1.14. The molecule has 10 heteroatoms. The van der Waals surface area contributed by atoms with Crippen molar-refractivity contribution in [2.75, 3.05) is 10.6 Å². The Morgan fingerprint density at radius 2 is 1.94 bits per heavy atom. The fourth-order valence-electron chi connectivity index (χ4n) is 4.35. The van der Waals surface area contributed by atoms with E-state index < -0.39 is 24.2 Å². The predicted molar refractivity (Wildman–Crippen MR) is 120 cm³/mol. The van der Waals surface area contributed by atoms with Crippen molar-refractivity contribution in [3.05, 3.63) is 30.0 Å². The van der Waals surface area contributed by atoms with Crippen molar-refractivity contribution in [1.82, 2.24) is 15.0 Å². The molecule has 4 N–H and O–H groups in total. The lowest BCUT2D eigenvalue weighted by Gasteiger charge is -2.31. The van der Waals surface area contributed by atoms with Crippen molar-refractivity contribution in [2.24, 2.45) is 5.92 Å². The zero-order valence-electron chi connectivity index (χ0n) is 17.6. The second-order valence-electron chi connectivity index (χ2n) is 8.65. The number of aromatic nitrogens is 3. The second-order valence-corrected chi connectivity index (χ2v) is 9.68. The van der Waals surface area contributed by atoms with E-state index in [1.807, 2.05) is 31.2 Å². The summed E-state index contributed by atoms with van der Waals surface area (Å²) in [6, 6.07) is 8.00. The minimum atomic E-state index is -2.72. The van der Waals surface area contributed by atoms with Gasteiger partial charge in [0.15, 0.2) is 5.72 Å². The zero-order chi connectivity index (χ0) is 22.5. The fourth-order valence-corrected chi connectivity index (χ4v) is 5.41. The summed E-state index contributed by atoms with van der Waals surface area (Å²) in [5.74, 6) is -0.621. The van der Waals surface area contributed by atoms with Gasteiger partial charge in [0.25, 0.3) is 0 Å². The number of halogens is 2. The van der Waals surface area contributed by atoms with Gasteiger partial charge in [0.2, 0.25) is 12.4 Å². The third-order valence-corrected chi connectivity index (χ3v) is 7.50. The molecule has 0 aliphatic heterocycles. The van der Waals surface area contributed by atoms with Crippen molar-refractivity contribution < 1.29 is 19.0 Å². The van der Waals surface area contributed by atoms with Crippen molar-refractivity contribution >= 4 is 33.3 Å². The highest BCUT2D eigenvalue weighted by Crippen LogP contribution is 2.42. The molecule has 3 aromatic rings. The van der Waals surface area contributed by atoms with E-state index in [0.717, 1.165) is 29.5 Å². The Kier molecular flexibility index (Phi) is 5.47. The SMILES string of the molecule is Cc1nc(NC2CCC2)nc(N[C@@]2(O)CC[C@H](C(F)F)[C@H]2O)c1-c1nc2ccccc2s1. The Morgan fingerprint density at radius 3 is 2.59 bits per heavy atom. The van der Waals surface area contributed by atoms with Gasteiger partial charge in [0.1, 0.15) is 16.9 Å². The highest BCUT2D eigenvalue weighted by atomic mass is 32.1. The first-order chi connectivity index (χ1) is 15.3. The minimum absolute atomic E-state index is 0.00997. The number of para-hydroxylation sites is 1. The quantitative estimate of drug-likeness (QED) is 0.409. The van der Waals surface area contributed by atoms with Crippen LogP contribution in [0.3, 0.4) is 0 Å². The maximum atomic E-state index is 13.3. The van der Waals surface area contributed by atoms with E-state index in [2.05, 4.69) is 20.6 Å². The average molecular weight is 462 g/mol. The molecule has 0 amide bonds. The Hall–Kier alpha value is -2.43. The summed E-state index contributed by atoms with van der Waals surface area (Å²) in [7, 11) is 0. The number of anilines is 2. The first-order valence-electron chi connectivity index (χ1n) is 10.8. The molecule has 2 fully saturated rings. The second kappa shape index (κ2) is 8.17. The van der Waals surface area contributed by atoms with E-state index in [9.17, 15) is 19.0 Å². The molecule has 0 radical (unpaired) electrons. The molecule has 2 heterocycles. The Balaban J connectivity index is 1.56. The number of thiazole rings is 1. The monoisotopic (exact) mass is 461 g/mol. The molecule has 1 aromatic carbocycles. The molecule has 2 aliphatic rings. The lowest BCUT2D eigenvalue weighted by atomic mass is 9.93. The zero-order valence-corrected chi connectivity index (χ0v) is 18.4. The molecule has 0 unspecified atom stereocenters. The first kappa shape index (κ1) is 21.4. The topological polar surface area (TPSA) is 103 Å². The van der Waals surface area contributed by atoms with Gasteiger partial charge in [-0.3, -0.25) is 0 Å². The van der Waals surface area contributed by atoms with Crippen LogP contribution >= 0.6 is 11.3 Å². The van der Waals surface area contributed by atoms with Gasteiger partial charge in [0, 0.05) is 6.04 Å². The van der Waals surface area contributed by atoms with Crippen LogP contribution in [0, 0.1) is 12.8 Å². The van der Waals surface area contributed by atoms with Crippen molar-refractivity contribution in [2.45, 2.75) is 63.3 Å². The predicted octanol–water partition coefficient (Wildman–Crippen LogP) is 4.16. The van der Waals surface area contributed by atoms with E-state index in [1.165, 1.54) is 11.3 Å². The number of aryl methyl sites for hydroxylation is 1. The number of nitrogens with zero attached hydrogens (tertiary/aromatic N) is 3. The van der Waals surface area contributed by atoms with Crippen LogP contribution in [-0.4, -0.2) is 49.5 Å². The van der Waals surface area contributed by atoms with Crippen LogP contribution in [-0.2, 0) is 0 Å². The summed E-state index contributed by atoms with van der Waals surface area (Å²) in [4.78, 5) is 13.9. The van der Waals surface area contributed by atoms with Crippen molar-refractivity contribution in [1.29, 1.82) is 0 Å². The van der Waals surface area contributed by atoms with Gasteiger partial charge in [-0.15, -0.1) is 11.3 Å². The third kappa shape index (κ3) is 3.80. The molecular weight excluding hydrogens is 436 g/mol. The maximum Gasteiger partial charge on any atom is 0.244 e. The van der Waals surface area contributed by atoms with E-state index >= 15 is 0 Å². The van der Waals surface area contributed by atoms with Crippen molar-refractivity contribution in [3.8, 4) is 10.6 Å². The number of hydrogen-bond donors (Lipinski definition) is 4. The molecule has 170 valence electrons. The van der Waals surface area contributed by atoms with Crippen molar-refractivity contribution in [3.63, 3.8) is 0 Å². The highest BCUT2D eigenvalue weighted by Gasteiger charge is 2.50. The van der Waals surface area contributed by atoms with Gasteiger partial charge in [-0.25, -0.2) is 18.7 Å². The standard InChI is InChI=1S/C22H25F2N5O2S/c1-11-16(20-27-14-7-2-3-8-15(14)32-20)19(28-21(25-11)26-12-5-4-6-12)29-22(31)10-9-13(17(22)30)18(23)24/h2-3,7-8,12-13,17-18,30-31H,4-6,9-10H2,1H3,(H2,25,26,28,29)/t13-,17+,22+/m0/s1. The van der Waals surface area contributed by atoms with E-state index in [-0.39, 0.29) is 18.7 Å². The molecule has 0 saturated heterocycles. The van der Waals surface area contributed by atoms with Crippen LogP contribution in [0.2, 0.25) is 0 Å². The molecule has 2 saturated carbocycles. The molecule has 3 atom stereocenters. The maximum absolute atomic E-state index is 13.3. The van der Waals surface area contributed by atoms with Gasteiger partial charge in [-0.05, 0) is 51.2 Å². The Labute approximate surface area is 187 Å². The van der Waals surface area contributed by atoms with Crippen LogP contribution in [0.1, 0.15) is 37.8 Å². The number of rotatable bonds is 6. The molecule has 5 rings (SSSR count). The normalized spacial score (nSPS) is 25.9. The molecule has 2 aliphatic carbocycles. The number of alkyl halides is 2. The smallest absolute Gasteiger partial charge is 0.244 e. The lowest BCUT2D eigenvalue weighted by Crippen LogP contribution is -2.48. The molecule has 2 aromatic heterocycles. The number of nitrogens with one attached hydrogen (secondary N) is 2. The number of aliphatic hydroxyl groups excluding tert-OH is 1.